The number of thioether (sulfide) groups is 1. The van der Waals surface area contributed by atoms with Crippen molar-refractivity contribution in [2.45, 2.75) is 6.42 Å². The highest BCUT2D eigenvalue weighted by Crippen LogP contribution is 2.24. The molecule has 0 aliphatic carbocycles. The number of hydrogen-bond donors (Lipinski definition) is 1. The summed E-state index contributed by atoms with van der Waals surface area (Å²) in [7, 11) is 0. The van der Waals surface area contributed by atoms with E-state index in [0.717, 1.165) is 30.0 Å². The minimum Gasteiger partial charge on any atom is -0.488 e. The summed E-state index contributed by atoms with van der Waals surface area (Å²) in [6.07, 6.45) is 4.56. The topological polar surface area (TPSA) is 46.5 Å². The SMILES string of the molecule is CSCCCOc1c(F)cc(/C=C/C(=O)O)cc1F. The molecule has 0 fully saturated rings. The molecule has 0 aliphatic rings. The standard InChI is InChI=1S/C13H14F2O3S/c1-19-6-2-5-18-13-10(14)7-9(8-11(13)15)3-4-12(16)17/h3-4,7-8H,2,5-6H2,1H3,(H,16,17)/b4-3+. The van der Waals surface area contributed by atoms with E-state index in [1.807, 2.05) is 6.26 Å². The van der Waals surface area contributed by atoms with Crippen LogP contribution in [0.4, 0.5) is 8.78 Å². The summed E-state index contributed by atoms with van der Waals surface area (Å²) >= 11 is 1.62. The third kappa shape index (κ3) is 5.30. The molecule has 0 unspecified atom stereocenters. The fourth-order valence-electron chi connectivity index (χ4n) is 1.36. The number of carbonyl (C=O) groups is 1. The van der Waals surface area contributed by atoms with E-state index in [1.54, 1.807) is 11.8 Å². The first-order valence-electron chi connectivity index (χ1n) is 5.56. The lowest BCUT2D eigenvalue weighted by atomic mass is 10.2. The van der Waals surface area contributed by atoms with Crippen molar-refractivity contribution in [1.29, 1.82) is 0 Å². The molecule has 0 aliphatic heterocycles. The second-order valence-electron chi connectivity index (χ2n) is 3.68. The quantitative estimate of drug-likeness (QED) is 0.618. The van der Waals surface area contributed by atoms with Crippen LogP contribution in [0.2, 0.25) is 0 Å². The first kappa shape index (κ1) is 15.5. The van der Waals surface area contributed by atoms with E-state index >= 15 is 0 Å². The van der Waals surface area contributed by atoms with E-state index in [0.29, 0.717) is 6.42 Å². The van der Waals surface area contributed by atoms with Crippen LogP contribution >= 0.6 is 11.8 Å². The molecule has 1 rings (SSSR count). The van der Waals surface area contributed by atoms with Gasteiger partial charge in [0.15, 0.2) is 17.4 Å². The molecular weight excluding hydrogens is 274 g/mol. The first-order valence-corrected chi connectivity index (χ1v) is 6.95. The lowest BCUT2D eigenvalue weighted by Crippen LogP contribution is -2.03. The van der Waals surface area contributed by atoms with Crippen molar-refractivity contribution in [3.8, 4) is 5.75 Å². The van der Waals surface area contributed by atoms with Crippen LogP contribution in [0.15, 0.2) is 18.2 Å². The van der Waals surface area contributed by atoms with Crippen molar-refractivity contribution in [1.82, 2.24) is 0 Å². The summed E-state index contributed by atoms with van der Waals surface area (Å²) < 4.78 is 32.2. The monoisotopic (exact) mass is 288 g/mol. The molecule has 0 aromatic heterocycles. The van der Waals surface area contributed by atoms with Gasteiger partial charge >= 0.3 is 5.97 Å². The molecule has 3 nitrogen and oxygen atoms in total. The highest BCUT2D eigenvalue weighted by molar-refractivity contribution is 7.98. The Morgan fingerprint density at radius 2 is 2.05 bits per heavy atom. The first-order chi connectivity index (χ1) is 9.04. The average molecular weight is 288 g/mol. The van der Waals surface area contributed by atoms with Crippen LogP contribution in [0, 0.1) is 11.6 Å². The summed E-state index contributed by atoms with van der Waals surface area (Å²) in [5.74, 6) is -2.43. The number of aliphatic carboxylic acids is 1. The second kappa shape index (κ2) is 7.78. The van der Waals surface area contributed by atoms with Gasteiger partial charge in [-0.3, -0.25) is 0 Å². The molecule has 0 amide bonds. The molecule has 1 aromatic carbocycles. The normalized spacial score (nSPS) is 10.9. The molecule has 104 valence electrons. The van der Waals surface area contributed by atoms with E-state index in [-0.39, 0.29) is 12.2 Å². The third-order valence-corrected chi connectivity index (χ3v) is 2.88. The molecule has 0 saturated carbocycles. The number of hydrogen-bond acceptors (Lipinski definition) is 3. The number of carboxylic acid groups (broad SMARTS) is 1. The van der Waals surface area contributed by atoms with Gasteiger partial charge in [-0.05, 0) is 42.2 Å². The van der Waals surface area contributed by atoms with Crippen molar-refractivity contribution in [2.75, 3.05) is 18.6 Å². The Morgan fingerprint density at radius 3 is 2.58 bits per heavy atom. The Kier molecular flexibility index (Phi) is 6.35. The van der Waals surface area contributed by atoms with Gasteiger partial charge in [0.2, 0.25) is 0 Å². The van der Waals surface area contributed by atoms with Gasteiger partial charge in [0.25, 0.3) is 0 Å². The summed E-state index contributed by atoms with van der Waals surface area (Å²) in [6, 6.07) is 2.07. The van der Waals surface area contributed by atoms with E-state index in [1.165, 1.54) is 0 Å². The Labute approximate surface area is 114 Å². The highest BCUT2D eigenvalue weighted by atomic mass is 32.2. The van der Waals surface area contributed by atoms with Gasteiger partial charge in [-0.25, -0.2) is 13.6 Å². The zero-order valence-electron chi connectivity index (χ0n) is 10.4. The molecule has 0 radical (unpaired) electrons. The van der Waals surface area contributed by atoms with E-state index in [4.69, 9.17) is 9.84 Å². The predicted octanol–water partition coefficient (Wildman–Crippen LogP) is 3.19. The van der Waals surface area contributed by atoms with Crippen molar-refractivity contribution >= 4 is 23.8 Å². The van der Waals surface area contributed by atoms with E-state index in [2.05, 4.69) is 0 Å². The van der Waals surface area contributed by atoms with Crippen molar-refractivity contribution in [3.63, 3.8) is 0 Å². The molecule has 19 heavy (non-hydrogen) atoms. The lowest BCUT2D eigenvalue weighted by Gasteiger charge is -2.08. The largest absolute Gasteiger partial charge is 0.488 e. The average Bonchev–Trinajstić information content (AvgIpc) is 2.34. The number of halogens is 2. The van der Waals surface area contributed by atoms with Gasteiger partial charge in [-0.1, -0.05) is 0 Å². The number of rotatable bonds is 7. The Bertz CT molecular complexity index is 452. The molecule has 0 saturated heterocycles. The zero-order chi connectivity index (χ0) is 14.3. The van der Waals surface area contributed by atoms with Crippen LogP contribution in [-0.2, 0) is 4.79 Å². The summed E-state index contributed by atoms with van der Waals surface area (Å²) in [4.78, 5) is 10.3. The van der Waals surface area contributed by atoms with Gasteiger partial charge in [0, 0.05) is 6.08 Å². The molecule has 6 heteroatoms. The van der Waals surface area contributed by atoms with Crippen LogP contribution < -0.4 is 4.74 Å². The second-order valence-corrected chi connectivity index (χ2v) is 4.67. The molecule has 0 heterocycles. The Hall–Kier alpha value is -1.56. The van der Waals surface area contributed by atoms with Crippen molar-refractivity contribution in [3.05, 3.63) is 35.4 Å². The summed E-state index contributed by atoms with van der Waals surface area (Å²) in [5.41, 5.74) is 0.133. The predicted molar refractivity (Wildman–Crippen MR) is 71.5 cm³/mol. The Balaban J connectivity index is 2.76. The maximum atomic E-state index is 13.6. The zero-order valence-corrected chi connectivity index (χ0v) is 11.2. The van der Waals surface area contributed by atoms with Crippen LogP contribution in [0.5, 0.6) is 5.75 Å². The molecule has 1 N–H and O–H groups in total. The lowest BCUT2D eigenvalue weighted by molar-refractivity contribution is -0.131. The van der Waals surface area contributed by atoms with Gasteiger partial charge < -0.3 is 9.84 Å². The van der Waals surface area contributed by atoms with Gasteiger partial charge in [-0.2, -0.15) is 11.8 Å². The van der Waals surface area contributed by atoms with Gasteiger partial charge in [0.05, 0.1) is 6.61 Å². The smallest absolute Gasteiger partial charge is 0.328 e. The molecule has 0 spiro atoms. The fourth-order valence-corrected chi connectivity index (χ4v) is 1.77. The Morgan fingerprint density at radius 1 is 1.42 bits per heavy atom. The maximum absolute atomic E-state index is 13.6. The summed E-state index contributed by atoms with van der Waals surface area (Å²) in [6.45, 7) is 0.235. The molecule has 0 atom stereocenters. The number of ether oxygens (including phenoxy) is 1. The minimum atomic E-state index is -1.18. The number of benzene rings is 1. The van der Waals surface area contributed by atoms with E-state index in [9.17, 15) is 13.6 Å². The summed E-state index contributed by atoms with van der Waals surface area (Å²) in [5, 5.41) is 8.43. The van der Waals surface area contributed by atoms with Gasteiger partial charge in [-0.15, -0.1) is 0 Å². The van der Waals surface area contributed by atoms with Gasteiger partial charge in [0.1, 0.15) is 0 Å². The van der Waals surface area contributed by atoms with Crippen LogP contribution in [-0.4, -0.2) is 29.7 Å². The van der Waals surface area contributed by atoms with E-state index < -0.39 is 23.4 Å². The van der Waals surface area contributed by atoms with Crippen LogP contribution in [0.3, 0.4) is 0 Å². The molecular formula is C13H14F2O3S. The van der Waals surface area contributed by atoms with Crippen LogP contribution in [0.25, 0.3) is 6.08 Å². The van der Waals surface area contributed by atoms with Crippen LogP contribution in [0.1, 0.15) is 12.0 Å². The van der Waals surface area contributed by atoms with Crippen molar-refractivity contribution < 1.29 is 23.4 Å². The molecule has 0 bridgehead atoms. The minimum absolute atomic E-state index is 0.133. The molecule has 1 aromatic rings. The maximum Gasteiger partial charge on any atom is 0.328 e. The number of carboxylic acids is 1. The highest BCUT2D eigenvalue weighted by Gasteiger charge is 2.11. The van der Waals surface area contributed by atoms with Crippen molar-refractivity contribution in [2.24, 2.45) is 0 Å². The fraction of sp³-hybridized carbons (Fsp3) is 0.308. The third-order valence-electron chi connectivity index (χ3n) is 2.18.